The third-order valence-electron chi connectivity index (χ3n) is 11.3. The predicted octanol–water partition coefficient (Wildman–Crippen LogP) is 15.4. The van der Waals surface area contributed by atoms with Gasteiger partial charge >= 0.3 is 0 Å². The highest BCUT2D eigenvalue weighted by atomic mass is 79.9. The van der Waals surface area contributed by atoms with Crippen LogP contribution in [0.25, 0.3) is 60.9 Å². The van der Waals surface area contributed by atoms with Crippen molar-refractivity contribution < 1.29 is 0 Å². The molecular formula is C51H36Br2N2. The summed E-state index contributed by atoms with van der Waals surface area (Å²) >= 11 is 7.41. The van der Waals surface area contributed by atoms with Gasteiger partial charge in [0.1, 0.15) is 0 Å². The molecule has 2 nitrogen and oxygen atoms in total. The van der Waals surface area contributed by atoms with Crippen LogP contribution in [-0.4, -0.2) is 4.57 Å². The van der Waals surface area contributed by atoms with E-state index >= 15 is 0 Å². The zero-order valence-corrected chi connectivity index (χ0v) is 33.6. The van der Waals surface area contributed by atoms with Crippen LogP contribution in [0.1, 0.15) is 25.0 Å². The highest BCUT2D eigenvalue weighted by Gasteiger charge is 2.35. The summed E-state index contributed by atoms with van der Waals surface area (Å²) in [6.07, 6.45) is 0. The topological polar surface area (TPSA) is 8.17 Å². The average molecular weight is 837 g/mol. The highest BCUT2D eigenvalue weighted by molar-refractivity contribution is 9.11. The van der Waals surface area contributed by atoms with Gasteiger partial charge in [0.05, 0.1) is 11.0 Å². The first-order valence-corrected chi connectivity index (χ1v) is 20.2. The van der Waals surface area contributed by atoms with E-state index in [1.165, 1.54) is 66.3 Å². The molecule has 0 fully saturated rings. The molecule has 1 aliphatic carbocycles. The van der Waals surface area contributed by atoms with Crippen molar-refractivity contribution in [3.05, 3.63) is 202 Å². The number of anilines is 3. The monoisotopic (exact) mass is 834 g/mol. The van der Waals surface area contributed by atoms with Crippen molar-refractivity contribution in [2.45, 2.75) is 19.3 Å². The minimum Gasteiger partial charge on any atom is -0.310 e. The fourth-order valence-electron chi connectivity index (χ4n) is 8.61. The second-order valence-corrected chi connectivity index (χ2v) is 16.7. The van der Waals surface area contributed by atoms with Gasteiger partial charge in [0.2, 0.25) is 0 Å². The Balaban J connectivity index is 1.07. The van der Waals surface area contributed by atoms with Gasteiger partial charge in [-0.25, -0.2) is 0 Å². The lowest BCUT2D eigenvalue weighted by atomic mass is 9.82. The summed E-state index contributed by atoms with van der Waals surface area (Å²) in [6, 6.07) is 66.4. The van der Waals surface area contributed by atoms with Crippen molar-refractivity contribution in [3.8, 4) is 39.1 Å². The van der Waals surface area contributed by atoms with Crippen LogP contribution in [0.4, 0.5) is 17.1 Å². The van der Waals surface area contributed by atoms with E-state index in [0.29, 0.717) is 0 Å². The lowest BCUT2D eigenvalue weighted by Crippen LogP contribution is -2.16. The summed E-state index contributed by atoms with van der Waals surface area (Å²) in [5.41, 5.74) is 16.9. The third kappa shape index (κ3) is 5.75. The van der Waals surface area contributed by atoms with Crippen molar-refractivity contribution in [2.24, 2.45) is 0 Å². The Morgan fingerprint density at radius 1 is 0.418 bits per heavy atom. The van der Waals surface area contributed by atoms with Crippen LogP contribution in [-0.2, 0) is 5.41 Å². The van der Waals surface area contributed by atoms with E-state index in [2.05, 4.69) is 237 Å². The molecule has 0 spiro atoms. The molecule has 4 heteroatoms. The Kier molecular flexibility index (Phi) is 8.16. The van der Waals surface area contributed by atoms with Gasteiger partial charge in [0.25, 0.3) is 0 Å². The molecule has 8 aromatic carbocycles. The molecule has 0 saturated carbocycles. The van der Waals surface area contributed by atoms with Crippen LogP contribution in [0.5, 0.6) is 0 Å². The van der Waals surface area contributed by atoms with E-state index in [4.69, 9.17) is 0 Å². The molecule has 0 unspecified atom stereocenters. The number of hydrogen-bond acceptors (Lipinski definition) is 1. The van der Waals surface area contributed by atoms with Gasteiger partial charge in [-0.1, -0.05) is 155 Å². The molecule has 1 aromatic heterocycles. The Bertz CT molecular complexity index is 2880. The number of fused-ring (bicyclic) bond motifs is 6. The largest absolute Gasteiger partial charge is 0.310 e. The minimum atomic E-state index is -0.0934. The van der Waals surface area contributed by atoms with Gasteiger partial charge in [0, 0.05) is 47.9 Å². The molecule has 0 N–H and O–H groups in total. The molecular weight excluding hydrogens is 800 g/mol. The highest BCUT2D eigenvalue weighted by Crippen LogP contribution is 2.50. The zero-order chi connectivity index (χ0) is 37.3. The van der Waals surface area contributed by atoms with Crippen molar-refractivity contribution >= 4 is 70.7 Å². The fraction of sp³-hybridized carbons (Fsp3) is 0.0588. The molecule has 1 aliphatic rings. The number of para-hydroxylation sites is 1. The van der Waals surface area contributed by atoms with Crippen LogP contribution in [0.15, 0.2) is 191 Å². The fourth-order valence-corrected chi connectivity index (χ4v) is 9.88. The molecule has 0 radical (unpaired) electrons. The number of hydrogen-bond donors (Lipinski definition) is 0. The standard InChI is InChI=1S/C51H36Br2N2/c1-51(2)47-14-8-6-12-43(47)44-26-25-41(32-48(44)51)54(39-21-16-34(17-22-39)33-10-4-3-5-11-33)40-23-18-35(19-24-40)36-20-27-50-46(28-36)45-13-7-9-15-49(45)55(50)42-30-37(52)29-38(53)31-42/h3-32H,1-2H3. The van der Waals surface area contributed by atoms with Crippen LogP contribution in [0.2, 0.25) is 0 Å². The number of halogens is 2. The SMILES string of the molecule is CC1(C)c2ccccc2-c2ccc(N(c3ccc(-c4ccccc4)cc3)c3ccc(-c4ccc5c(c4)c4ccccc4n5-c4cc(Br)cc(Br)c4)cc3)cc21. The second-order valence-electron chi connectivity index (χ2n) is 14.9. The summed E-state index contributed by atoms with van der Waals surface area (Å²) in [5.74, 6) is 0. The van der Waals surface area contributed by atoms with E-state index in [1.54, 1.807) is 0 Å². The van der Waals surface area contributed by atoms with Gasteiger partial charge in [-0.3, -0.25) is 0 Å². The normalized spacial score (nSPS) is 12.9. The predicted molar refractivity (Wildman–Crippen MR) is 239 cm³/mol. The van der Waals surface area contributed by atoms with Gasteiger partial charge in [-0.05, 0) is 117 Å². The molecule has 0 aliphatic heterocycles. The van der Waals surface area contributed by atoms with E-state index in [0.717, 1.165) is 31.7 Å². The number of aromatic nitrogens is 1. The molecule has 264 valence electrons. The first kappa shape index (κ1) is 33.9. The summed E-state index contributed by atoms with van der Waals surface area (Å²) < 4.78 is 4.42. The molecule has 9 aromatic rings. The smallest absolute Gasteiger partial charge is 0.0541 e. The van der Waals surface area contributed by atoms with E-state index in [9.17, 15) is 0 Å². The maximum atomic E-state index is 3.70. The van der Waals surface area contributed by atoms with Crippen molar-refractivity contribution in [3.63, 3.8) is 0 Å². The quantitative estimate of drug-likeness (QED) is 0.162. The molecule has 1 heterocycles. The maximum absolute atomic E-state index is 3.70. The lowest BCUT2D eigenvalue weighted by molar-refractivity contribution is 0.660. The first-order chi connectivity index (χ1) is 26.8. The van der Waals surface area contributed by atoms with Crippen LogP contribution in [0.3, 0.4) is 0 Å². The third-order valence-corrected chi connectivity index (χ3v) is 12.2. The number of nitrogens with zero attached hydrogens (tertiary/aromatic N) is 2. The van der Waals surface area contributed by atoms with Crippen molar-refractivity contribution in [2.75, 3.05) is 4.90 Å². The number of rotatable bonds is 6. The second kappa shape index (κ2) is 13.3. The zero-order valence-electron chi connectivity index (χ0n) is 30.5. The van der Waals surface area contributed by atoms with Crippen LogP contribution < -0.4 is 4.90 Å². The Morgan fingerprint density at radius 3 is 1.69 bits per heavy atom. The Hall–Kier alpha value is -5.68. The Labute approximate surface area is 338 Å². The van der Waals surface area contributed by atoms with Gasteiger partial charge in [-0.15, -0.1) is 0 Å². The Morgan fingerprint density at radius 2 is 0.964 bits per heavy atom. The molecule has 0 atom stereocenters. The lowest BCUT2D eigenvalue weighted by Gasteiger charge is -2.28. The van der Waals surface area contributed by atoms with Crippen LogP contribution >= 0.6 is 31.9 Å². The van der Waals surface area contributed by atoms with E-state index in [1.807, 2.05) is 0 Å². The first-order valence-electron chi connectivity index (χ1n) is 18.6. The van der Waals surface area contributed by atoms with E-state index < -0.39 is 0 Å². The summed E-state index contributed by atoms with van der Waals surface area (Å²) in [4.78, 5) is 2.39. The molecule has 0 amide bonds. The van der Waals surface area contributed by atoms with Gasteiger partial charge in [-0.2, -0.15) is 0 Å². The summed E-state index contributed by atoms with van der Waals surface area (Å²) in [7, 11) is 0. The molecule has 0 saturated heterocycles. The summed E-state index contributed by atoms with van der Waals surface area (Å²) in [5, 5.41) is 2.47. The molecule has 0 bridgehead atoms. The van der Waals surface area contributed by atoms with Crippen molar-refractivity contribution in [1.29, 1.82) is 0 Å². The van der Waals surface area contributed by atoms with Crippen molar-refractivity contribution in [1.82, 2.24) is 4.57 Å². The minimum absolute atomic E-state index is 0.0934. The number of benzene rings is 8. The molecule has 10 rings (SSSR count). The van der Waals surface area contributed by atoms with Gasteiger partial charge in [0.15, 0.2) is 0 Å². The average Bonchev–Trinajstić information content (AvgIpc) is 3.66. The maximum Gasteiger partial charge on any atom is 0.0541 e. The van der Waals surface area contributed by atoms with E-state index in [-0.39, 0.29) is 5.41 Å². The molecule has 55 heavy (non-hydrogen) atoms. The van der Waals surface area contributed by atoms with Crippen LogP contribution in [0, 0.1) is 0 Å². The van der Waals surface area contributed by atoms with Gasteiger partial charge < -0.3 is 9.47 Å². The summed E-state index contributed by atoms with van der Waals surface area (Å²) in [6.45, 7) is 4.70.